The summed E-state index contributed by atoms with van der Waals surface area (Å²) in [5.74, 6) is -1.32. The number of pyridine rings is 1. The van der Waals surface area contributed by atoms with Gasteiger partial charge in [-0.2, -0.15) is 0 Å². The first-order valence-electron chi connectivity index (χ1n) is 12.1. The number of nitrogens with one attached hydrogen (secondary N) is 2. The summed E-state index contributed by atoms with van der Waals surface area (Å²) in [5, 5.41) is 6.09. The highest BCUT2D eigenvalue weighted by Crippen LogP contribution is 2.30. The molecular formula is C26H25N5O5. The minimum absolute atomic E-state index is 0.203. The fourth-order valence-electron chi connectivity index (χ4n) is 5.28. The second-order valence-corrected chi connectivity index (χ2v) is 9.43. The van der Waals surface area contributed by atoms with Crippen LogP contribution in [0, 0.1) is 0 Å². The molecule has 5 heterocycles. The van der Waals surface area contributed by atoms with Crippen LogP contribution in [0.15, 0.2) is 42.7 Å². The van der Waals surface area contributed by atoms with Crippen LogP contribution < -0.4 is 10.6 Å². The number of carbonyl (C=O) groups excluding carboxylic acids is 4. The van der Waals surface area contributed by atoms with Crippen molar-refractivity contribution in [3.8, 4) is 0 Å². The van der Waals surface area contributed by atoms with Crippen LogP contribution in [0.5, 0.6) is 0 Å². The van der Waals surface area contributed by atoms with Crippen LogP contribution in [-0.2, 0) is 20.9 Å². The number of fused-ring (bicyclic) bond motifs is 2. The second kappa shape index (κ2) is 8.87. The molecule has 4 amide bonds. The molecule has 10 heteroatoms. The molecule has 1 unspecified atom stereocenters. The Labute approximate surface area is 206 Å². The first kappa shape index (κ1) is 22.4. The van der Waals surface area contributed by atoms with Crippen LogP contribution in [0.2, 0.25) is 0 Å². The molecule has 0 bridgehead atoms. The summed E-state index contributed by atoms with van der Waals surface area (Å²) in [6.45, 7) is 1.72. The minimum Gasteiger partial charge on any atom is -0.381 e. The molecule has 1 aromatic carbocycles. The van der Waals surface area contributed by atoms with Crippen molar-refractivity contribution in [2.75, 3.05) is 18.5 Å². The monoisotopic (exact) mass is 487 g/mol. The van der Waals surface area contributed by atoms with Crippen molar-refractivity contribution >= 4 is 40.3 Å². The highest BCUT2D eigenvalue weighted by Gasteiger charge is 2.39. The summed E-state index contributed by atoms with van der Waals surface area (Å²) in [6, 6.07) is 8.56. The number of imide groups is 1. The van der Waals surface area contributed by atoms with E-state index in [0.717, 1.165) is 42.7 Å². The van der Waals surface area contributed by atoms with Crippen molar-refractivity contribution < 1.29 is 23.9 Å². The van der Waals surface area contributed by atoms with Gasteiger partial charge in [0.05, 0.1) is 5.56 Å². The van der Waals surface area contributed by atoms with E-state index >= 15 is 0 Å². The highest BCUT2D eigenvalue weighted by molar-refractivity contribution is 6.07. The average Bonchev–Trinajstić information content (AvgIpc) is 3.45. The zero-order valence-corrected chi connectivity index (χ0v) is 19.5. The van der Waals surface area contributed by atoms with E-state index < -0.39 is 11.9 Å². The summed E-state index contributed by atoms with van der Waals surface area (Å²) in [5.41, 5.74) is 3.06. The molecule has 36 heavy (non-hydrogen) atoms. The Morgan fingerprint density at radius 1 is 1.08 bits per heavy atom. The standard InChI is InChI=1S/C26H25N5O5/c32-22-4-3-21(25(34)29-22)31-14-17-12-18(1-2-20(17)26(31)35)28-24(33)16-11-15-5-8-30(23(15)27-13-16)19-6-9-36-10-7-19/h1-2,5,8,11-13,19,21H,3-4,6-7,9-10,14H2,(H,28,33)(H,29,32,34). The lowest BCUT2D eigenvalue weighted by Crippen LogP contribution is -2.52. The number of carbonyl (C=O) groups is 4. The number of nitrogens with zero attached hydrogens (tertiary/aromatic N) is 3. The number of ether oxygens (including phenoxy) is 1. The Morgan fingerprint density at radius 2 is 1.92 bits per heavy atom. The smallest absolute Gasteiger partial charge is 0.257 e. The first-order valence-corrected chi connectivity index (χ1v) is 12.1. The largest absolute Gasteiger partial charge is 0.381 e. The minimum atomic E-state index is -0.674. The number of benzene rings is 1. The van der Waals surface area contributed by atoms with Crippen LogP contribution in [-0.4, -0.2) is 57.3 Å². The van der Waals surface area contributed by atoms with Crippen molar-refractivity contribution in [3.05, 3.63) is 59.4 Å². The predicted octanol–water partition coefficient (Wildman–Crippen LogP) is 2.40. The maximum absolute atomic E-state index is 13.0. The summed E-state index contributed by atoms with van der Waals surface area (Å²) in [6.07, 6.45) is 5.98. The van der Waals surface area contributed by atoms with Crippen LogP contribution in [0.25, 0.3) is 11.0 Å². The Kier molecular flexibility index (Phi) is 5.52. The van der Waals surface area contributed by atoms with E-state index in [9.17, 15) is 19.2 Å². The van der Waals surface area contributed by atoms with Gasteiger partial charge in [0.15, 0.2) is 0 Å². The predicted molar refractivity (Wildman–Crippen MR) is 129 cm³/mol. The summed E-state index contributed by atoms with van der Waals surface area (Å²) in [7, 11) is 0. The quantitative estimate of drug-likeness (QED) is 0.545. The van der Waals surface area contributed by atoms with Crippen LogP contribution in [0.1, 0.15) is 58.0 Å². The number of rotatable bonds is 4. The number of aromatic nitrogens is 2. The summed E-state index contributed by atoms with van der Waals surface area (Å²) < 4.78 is 7.62. The Bertz CT molecular complexity index is 1410. The van der Waals surface area contributed by atoms with E-state index in [2.05, 4.69) is 20.2 Å². The molecule has 0 aliphatic carbocycles. The molecule has 2 N–H and O–H groups in total. The summed E-state index contributed by atoms with van der Waals surface area (Å²) >= 11 is 0. The summed E-state index contributed by atoms with van der Waals surface area (Å²) in [4.78, 5) is 55.6. The fourth-order valence-corrected chi connectivity index (χ4v) is 5.28. The van der Waals surface area contributed by atoms with E-state index in [1.54, 1.807) is 24.4 Å². The number of piperidine rings is 1. The molecule has 0 radical (unpaired) electrons. The van der Waals surface area contributed by atoms with Gasteiger partial charge in [0.25, 0.3) is 11.8 Å². The third-order valence-electron chi connectivity index (χ3n) is 7.18. The molecule has 2 saturated heterocycles. The van der Waals surface area contributed by atoms with E-state index in [-0.39, 0.29) is 30.7 Å². The third-order valence-corrected chi connectivity index (χ3v) is 7.18. The van der Waals surface area contributed by atoms with Crippen LogP contribution in [0.4, 0.5) is 5.69 Å². The van der Waals surface area contributed by atoms with Gasteiger partial charge >= 0.3 is 0 Å². The number of anilines is 1. The molecular weight excluding hydrogens is 462 g/mol. The average molecular weight is 488 g/mol. The van der Waals surface area contributed by atoms with E-state index in [0.29, 0.717) is 29.3 Å². The van der Waals surface area contributed by atoms with Crippen molar-refractivity contribution in [3.63, 3.8) is 0 Å². The van der Waals surface area contributed by atoms with Gasteiger partial charge in [-0.1, -0.05) is 0 Å². The molecule has 2 aromatic heterocycles. The lowest BCUT2D eigenvalue weighted by atomic mass is 10.0. The van der Waals surface area contributed by atoms with Gasteiger partial charge in [-0.25, -0.2) is 4.98 Å². The van der Waals surface area contributed by atoms with E-state index in [1.165, 1.54) is 4.90 Å². The van der Waals surface area contributed by atoms with E-state index in [1.807, 2.05) is 18.3 Å². The lowest BCUT2D eigenvalue weighted by Gasteiger charge is -2.29. The topological polar surface area (TPSA) is 123 Å². The molecule has 3 aliphatic rings. The lowest BCUT2D eigenvalue weighted by molar-refractivity contribution is -0.136. The van der Waals surface area contributed by atoms with Gasteiger partial charge in [-0.15, -0.1) is 0 Å². The van der Waals surface area contributed by atoms with Crippen molar-refractivity contribution in [1.82, 2.24) is 19.8 Å². The van der Waals surface area contributed by atoms with Gasteiger partial charge in [0.1, 0.15) is 11.7 Å². The Balaban J connectivity index is 1.17. The molecule has 3 aromatic rings. The first-order chi connectivity index (χ1) is 17.5. The zero-order chi connectivity index (χ0) is 24.8. The van der Waals surface area contributed by atoms with E-state index in [4.69, 9.17) is 4.74 Å². The fraction of sp³-hybridized carbons (Fsp3) is 0.346. The van der Waals surface area contributed by atoms with Crippen molar-refractivity contribution in [2.45, 2.75) is 44.3 Å². The normalized spacial score (nSPS) is 20.5. The van der Waals surface area contributed by atoms with Gasteiger partial charge < -0.3 is 19.5 Å². The molecule has 1 atom stereocenters. The molecule has 6 rings (SSSR count). The van der Waals surface area contributed by atoms with Gasteiger partial charge in [-0.05, 0) is 55.2 Å². The number of hydrogen-bond acceptors (Lipinski definition) is 6. The van der Waals surface area contributed by atoms with Crippen LogP contribution >= 0.6 is 0 Å². The molecule has 184 valence electrons. The molecule has 0 spiro atoms. The molecule has 0 saturated carbocycles. The van der Waals surface area contributed by atoms with Crippen molar-refractivity contribution in [1.29, 1.82) is 0 Å². The molecule has 3 aliphatic heterocycles. The van der Waals surface area contributed by atoms with Gasteiger partial charge in [0.2, 0.25) is 11.8 Å². The second-order valence-electron chi connectivity index (χ2n) is 9.43. The van der Waals surface area contributed by atoms with Gasteiger partial charge in [-0.3, -0.25) is 24.5 Å². The van der Waals surface area contributed by atoms with Crippen LogP contribution in [0.3, 0.4) is 0 Å². The highest BCUT2D eigenvalue weighted by atomic mass is 16.5. The Hall–Kier alpha value is -4.05. The number of amides is 4. The maximum atomic E-state index is 13.0. The SMILES string of the molecule is O=C1CCC(N2Cc3cc(NC(=O)c4cnc5c(ccn5C5CCOCC5)c4)ccc3C2=O)C(=O)N1. The third kappa shape index (κ3) is 3.93. The zero-order valence-electron chi connectivity index (χ0n) is 19.5. The number of hydrogen-bond donors (Lipinski definition) is 2. The molecule has 10 nitrogen and oxygen atoms in total. The Morgan fingerprint density at radius 3 is 2.72 bits per heavy atom. The van der Waals surface area contributed by atoms with Gasteiger partial charge in [0, 0.05) is 61.3 Å². The molecule has 2 fully saturated rings. The van der Waals surface area contributed by atoms with Crippen molar-refractivity contribution in [2.24, 2.45) is 0 Å². The maximum Gasteiger partial charge on any atom is 0.257 e.